The van der Waals surface area contributed by atoms with Gasteiger partial charge >= 0.3 is 5.97 Å². The van der Waals surface area contributed by atoms with Gasteiger partial charge in [-0.15, -0.1) is 0 Å². The van der Waals surface area contributed by atoms with Crippen LogP contribution in [0, 0.1) is 0 Å². The van der Waals surface area contributed by atoms with Crippen molar-refractivity contribution in [1.82, 2.24) is 0 Å². The number of carbonyl (C=O) groups excluding carboxylic acids is 1. The van der Waals surface area contributed by atoms with Crippen molar-refractivity contribution in [3.8, 4) is 0 Å². The van der Waals surface area contributed by atoms with E-state index in [9.17, 15) is 4.79 Å². The van der Waals surface area contributed by atoms with Gasteiger partial charge in [-0.2, -0.15) is 0 Å². The zero-order chi connectivity index (χ0) is 13.9. The summed E-state index contributed by atoms with van der Waals surface area (Å²) in [7, 11) is 2.27. The Morgan fingerprint density at radius 2 is 1.85 bits per heavy atom. The lowest BCUT2D eigenvalue weighted by Gasteiger charge is -2.32. The van der Waals surface area contributed by atoms with Gasteiger partial charge in [-0.1, -0.05) is 30.3 Å². The van der Waals surface area contributed by atoms with Crippen LogP contribution in [-0.2, 0) is 9.53 Å². The van der Waals surface area contributed by atoms with E-state index < -0.39 is 0 Å². The van der Waals surface area contributed by atoms with E-state index >= 15 is 0 Å². The molecule has 2 aliphatic heterocycles. The molecule has 2 unspecified atom stereocenters. The Hall–Kier alpha value is -1.61. The number of nitrogens with one attached hydrogen (secondary N) is 1. The van der Waals surface area contributed by atoms with Gasteiger partial charge in [0.15, 0.2) is 0 Å². The molecule has 20 heavy (non-hydrogen) atoms. The maximum Gasteiger partial charge on any atom is 0.331 e. The maximum absolute atomic E-state index is 11.9. The van der Waals surface area contributed by atoms with Crippen LogP contribution >= 0.6 is 0 Å². The van der Waals surface area contributed by atoms with E-state index in [0.29, 0.717) is 12.1 Å². The second kappa shape index (κ2) is 5.80. The Balaban J connectivity index is 1.54. The number of carbonyl (C=O) groups is 1. The number of benzene rings is 1. The normalized spacial score (nSPS) is 32.5. The molecule has 1 N–H and O–H groups in total. The summed E-state index contributed by atoms with van der Waals surface area (Å²) in [4.78, 5) is 13.5. The Bertz CT molecular complexity index is 483. The minimum absolute atomic E-state index is 0.115. The van der Waals surface area contributed by atoms with Crippen LogP contribution in [0.3, 0.4) is 0 Å². The summed E-state index contributed by atoms with van der Waals surface area (Å²) in [5, 5.41) is 0. The van der Waals surface area contributed by atoms with Crippen LogP contribution in [0.4, 0.5) is 0 Å². The fraction of sp³-hybridized carbons (Fsp3) is 0.471. The van der Waals surface area contributed by atoms with Crippen LogP contribution in [-0.4, -0.2) is 31.2 Å². The van der Waals surface area contributed by atoms with Crippen molar-refractivity contribution in [2.24, 2.45) is 0 Å². The minimum Gasteiger partial charge on any atom is -0.459 e. The second-order valence-electron chi connectivity index (χ2n) is 5.99. The van der Waals surface area contributed by atoms with Crippen LogP contribution in [0.15, 0.2) is 36.4 Å². The van der Waals surface area contributed by atoms with Crippen molar-refractivity contribution in [2.45, 2.75) is 43.9 Å². The molecule has 1 aromatic rings. The number of fused-ring (bicyclic) bond motifs is 2. The van der Waals surface area contributed by atoms with Gasteiger partial charge in [-0.25, -0.2) is 4.79 Å². The topological polar surface area (TPSA) is 30.7 Å². The van der Waals surface area contributed by atoms with Crippen molar-refractivity contribution < 1.29 is 14.4 Å². The molecule has 2 aliphatic rings. The van der Waals surface area contributed by atoms with E-state index in [1.165, 1.54) is 12.8 Å². The molecule has 0 amide bonds. The summed E-state index contributed by atoms with van der Waals surface area (Å²) < 4.78 is 5.60. The third kappa shape index (κ3) is 2.93. The molecule has 2 bridgehead atoms. The molecule has 3 rings (SSSR count). The Morgan fingerprint density at radius 1 is 1.20 bits per heavy atom. The van der Waals surface area contributed by atoms with Gasteiger partial charge in [0.25, 0.3) is 0 Å². The number of esters is 1. The highest BCUT2D eigenvalue weighted by Crippen LogP contribution is 2.24. The molecular formula is C17H22NO2+. The first-order valence-electron chi connectivity index (χ1n) is 7.49. The summed E-state index contributed by atoms with van der Waals surface area (Å²) >= 11 is 0. The lowest BCUT2D eigenvalue weighted by molar-refractivity contribution is -0.923. The van der Waals surface area contributed by atoms with Crippen molar-refractivity contribution >= 4 is 12.0 Å². The standard InChI is InChI=1S/C17H21NO2/c1-18-14-8-9-15(18)12-16(11-14)20-17(19)10-7-13-5-3-2-4-6-13/h2-7,10,14-16H,8-9,11-12H2,1H3/p+1. The van der Waals surface area contributed by atoms with Crippen molar-refractivity contribution in [2.75, 3.05) is 7.05 Å². The van der Waals surface area contributed by atoms with Gasteiger partial charge in [-0.3, -0.25) is 0 Å². The third-order valence-corrected chi connectivity index (χ3v) is 4.74. The SMILES string of the molecule is C[NH+]1C2CCC1CC(OC(=O)C=Cc1ccccc1)C2. The van der Waals surface area contributed by atoms with E-state index in [2.05, 4.69) is 7.05 Å². The molecule has 3 nitrogen and oxygen atoms in total. The predicted octanol–water partition coefficient (Wildman–Crippen LogP) is 1.45. The summed E-state index contributed by atoms with van der Waals surface area (Å²) in [6.07, 6.45) is 8.08. The van der Waals surface area contributed by atoms with Crippen LogP contribution in [0.25, 0.3) is 6.08 Å². The minimum atomic E-state index is -0.210. The van der Waals surface area contributed by atoms with Gasteiger partial charge in [0.2, 0.25) is 0 Å². The molecule has 1 aromatic carbocycles. The van der Waals surface area contributed by atoms with Crippen LogP contribution in [0.5, 0.6) is 0 Å². The van der Waals surface area contributed by atoms with Crippen LogP contribution < -0.4 is 4.90 Å². The third-order valence-electron chi connectivity index (χ3n) is 4.74. The molecule has 2 fully saturated rings. The number of rotatable bonds is 3. The van der Waals surface area contributed by atoms with Crippen molar-refractivity contribution in [1.29, 1.82) is 0 Å². The first kappa shape index (κ1) is 13.4. The molecule has 0 radical (unpaired) electrons. The first-order chi connectivity index (χ1) is 9.72. The van der Waals surface area contributed by atoms with Gasteiger partial charge in [0.1, 0.15) is 6.10 Å². The highest BCUT2D eigenvalue weighted by molar-refractivity contribution is 5.87. The van der Waals surface area contributed by atoms with E-state index in [1.54, 1.807) is 11.0 Å². The first-order valence-corrected chi connectivity index (χ1v) is 7.49. The van der Waals surface area contributed by atoms with Crippen LogP contribution in [0.2, 0.25) is 0 Å². The molecule has 106 valence electrons. The number of piperidine rings is 1. The fourth-order valence-electron chi connectivity index (χ4n) is 3.56. The number of hydrogen-bond acceptors (Lipinski definition) is 2. The van der Waals surface area contributed by atoms with E-state index in [0.717, 1.165) is 18.4 Å². The average Bonchev–Trinajstić information content (AvgIpc) is 2.68. The lowest BCUT2D eigenvalue weighted by Crippen LogP contribution is -3.15. The summed E-state index contributed by atoms with van der Waals surface area (Å²) in [5.41, 5.74) is 1.03. The average molecular weight is 272 g/mol. The Labute approximate surface area is 120 Å². The van der Waals surface area contributed by atoms with Crippen molar-refractivity contribution in [3.63, 3.8) is 0 Å². The zero-order valence-corrected chi connectivity index (χ0v) is 11.9. The molecular weight excluding hydrogens is 250 g/mol. The Morgan fingerprint density at radius 3 is 2.50 bits per heavy atom. The van der Waals surface area contributed by atoms with Crippen molar-refractivity contribution in [3.05, 3.63) is 42.0 Å². The van der Waals surface area contributed by atoms with Gasteiger partial charge in [0.05, 0.1) is 19.1 Å². The molecule has 3 heteroatoms. The largest absolute Gasteiger partial charge is 0.459 e. The lowest BCUT2D eigenvalue weighted by atomic mass is 10.0. The molecule has 2 heterocycles. The molecule has 2 atom stereocenters. The molecule has 0 saturated carbocycles. The smallest absolute Gasteiger partial charge is 0.331 e. The van der Waals surface area contributed by atoms with E-state index in [-0.39, 0.29) is 12.1 Å². The highest BCUT2D eigenvalue weighted by atomic mass is 16.5. The molecule has 0 aromatic heterocycles. The number of ether oxygens (including phenoxy) is 1. The number of quaternary nitrogens is 1. The predicted molar refractivity (Wildman–Crippen MR) is 78.3 cm³/mol. The van der Waals surface area contributed by atoms with E-state index in [4.69, 9.17) is 4.74 Å². The Kier molecular flexibility index (Phi) is 3.88. The van der Waals surface area contributed by atoms with E-state index in [1.807, 2.05) is 36.4 Å². The van der Waals surface area contributed by atoms with Gasteiger partial charge < -0.3 is 9.64 Å². The summed E-state index contributed by atoms with van der Waals surface area (Å²) in [6, 6.07) is 11.2. The molecule has 2 saturated heterocycles. The molecule has 0 aliphatic carbocycles. The fourth-order valence-corrected chi connectivity index (χ4v) is 3.56. The second-order valence-corrected chi connectivity index (χ2v) is 5.99. The maximum atomic E-state index is 11.9. The monoisotopic (exact) mass is 272 g/mol. The molecule has 0 spiro atoms. The summed E-state index contributed by atoms with van der Waals surface area (Å²) in [5.74, 6) is -0.210. The van der Waals surface area contributed by atoms with Gasteiger partial charge in [-0.05, 0) is 11.6 Å². The quantitative estimate of drug-likeness (QED) is 0.667. The highest BCUT2D eigenvalue weighted by Gasteiger charge is 2.43. The van der Waals surface area contributed by atoms with Gasteiger partial charge in [0, 0.05) is 31.8 Å². The summed E-state index contributed by atoms with van der Waals surface area (Å²) in [6.45, 7) is 0. The zero-order valence-electron chi connectivity index (χ0n) is 11.9. The van der Waals surface area contributed by atoms with Crippen LogP contribution in [0.1, 0.15) is 31.2 Å². The number of hydrogen-bond donors (Lipinski definition) is 1.